The first-order valence-corrected chi connectivity index (χ1v) is 3.58. The average molecular weight is 159 g/mol. The van der Waals surface area contributed by atoms with Crippen LogP contribution >= 0.6 is 0 Å². The molecule has 0 heterocycles. The standard InChI is InChI=1S/C7H13NO3/c1-3-4-5-11-7(9)6(2)8-10/h10H,3-5H2,1-2H3. The molecule has 0 saturated carbocycles. The molecule has 0 bridgehead atoms. The van der Waals surface area contributed by atoms with Crippen molar-refractivity contribution in [2.45, 2.75) is 26.7 Å². The molecule has 0 fully saturated rings. The van der Waals surface area contributed by atoms with Gasteiger partial charge in [0.05, 0.1) is 6.61 Å². The van der Waals surface area contributed by atoms with Crippen LogP contribution in [0.4, 0.5) is 0 Å². The number of carbonyl (C=O) groups is 1. The van der Waals surface area contributed by atoms with Crippen LogP contribution in [0.1, 0.15) is 26.7 Å². The molecule has 0 radical (unpaired) electrons. The Bertz CT molecular complexity index is 154. The van der Waals surface area contributed by atoms with Gasteiger partial charge in [0.15, 0.2) is 5.71 Å². The molecule has 64 valence electrons. The summed E-state index contributed by atoms with van der Waals surface area (Å²) in [5.41, 5.74) is -0.0129. The molecule has 0 aromatic rings. The highest BCUT2D eigenvalue weighted by atomic mass is 16.5. The molecule has 4 nitrogen and oxygen atoms in total. The predicted octanol–water partition coefficient (Wildman–Crippen LogP) is 1.18. The van der Waals surface area contributed by atoms with Gasteiger partial charge in [0.2, 0.25) is 0 Å². The van der Waals surface area contributed by atoms with Crippen molar-refractivity contribution in [3.63, 3.8) is 0 Å². The second-order valence-electron chi connectivity index (χ2n) is 2.17. The first kappa shape index (κ1) is 9.94. The Balaban J connectivity index is 3.53. The molecule has 0 amide bonds. The van der Waals surface area contributed by atoms with E-state index < -0.39 is 5.97 Å². The van der Waals surface area contributed by atoms with E-state index in [1.54, 1.807) is 0 Å². The van der Waals surface area contributed by atoms with Crippen molar-refractivity contribution < 1.29 is 14.7 Å². The Hall–Kier alpha value is -1.06. The minimum atomic E-state index is -0.555. The van der Waals surface area contributed by atoms with Crippen molar-refractivity contribution in [1.82, 2.24) is 0 Å². The smallest absolute Gasteiger partial charge is 0.355 e. The van der Waals surface area contributed by atoms with Gasteiger partial charge >= 0.3 is 5.97 Å². The topological polar surface area (TPSA) is 58.9 Å². The largest absolute Gasteiger partial charge is 0.461 e. The van der Waals surface area contributed by atoms with E-state index in [-0.39, 0.29) is 5.71 Å². The van der Waals surface area contributed by atoms with Crippen LogP contribution in [0.2, 0.25) is 0 Å². The van der Waals surface area contributed by atoms with E-state index in [9.17, 15) is 4.79 Å². The molecule has 11 heavy (non-hydrogen) atoms. The van der Waals surface area contributed by atoms with Crippen molar-refractivity contribution in [1.29, 1.82) is 0 Å². The summed E-state index contributed by atoms with van der Waals surface area (Å²) < 4.78 is 4.71. The van der Waals surface area contributed by atoms with Gasteiger partial charge in [-0.15, -0.1) is 0 Å². The van der Waals surface area contributed by atoms with Crippen molar-refractivity contribution in [3.8, 4) is 0 Å². The maximum Gasteiger partial charge on any atom is 0.355 e. The normalized spacial score (nSPS) is 11.3. The zero-order valence-electron chi connectivity index (χ0n) is 6.83. The van der Waals surface area contributed by atoms with Crippen molar-refractivity contribution in [2.24, 2.45) is 5.16 Å². The zero-order valence-corrected chi connectivity index (χ0v) is 6.83. The molecule has 0 aromatic carbocycles. The highest BCUT2D eigenvalue weighted by Crippen LogP contribution is 1.89. The van der Waals surface area contributed by atoms with Crippen LogP contribution in [0.5, 0.6) is 0 Å². The highest BCUT2D eigenvalue weighted by Gasteiger charge is 2.05. The minimum Gasteiger partial charge on any atom is -0.461 e. The first-order chi connectivity index (χ1) is 5.22. The molecule has 0 aliphatic carbocycles. The fourth-order valence-electron chi connectivity index (χ4n) is 0.454. The predicted molar refractivity (Wildman–Crippen MR) is 40.8 cm³/mol. The molecule has 0 aromatic heterocycles. The summed E-state index contributed by atoms with van der Waals surface area (Å²) in [7, 11) is 0. The lowest BCUT2D eigenvalue weighted by Crippen LogP contribution is -2.14. The van der Waals surface area contributed by atoms with Gasteiger partial charge in [-0.1, -0.05) is 18.5 Å². The number of hydrogen-bond donors (Lipinski definition) is 1. The Kier molecular flexibility index (Phi) is 5.15. The lowest BCUT2D eigenvalue weighted by atomic mass is 10.3. The summed E-state index contributed by atoms with van der Waals surface area (Å²) >= 11 is 0. The van der Waals surface area contributed by atoms with Crippen LogP contribution < -0.4 is 0 Å². The molecule has 0 aliphatic heterocycles. The SMILES string of the molecule is CCCCOC(=O)C(C)=NO. The van der Waals surface area contributed by atoms with Crippen LogP contribution in [0.25, 0.3) is 0 Å². The third kappa shape index (κ3) is 4.36. The molecular weight excluding hydrogens is 146 g/mol. The summed E-state index contributed by atoms with van der Waals surface area (Å²) in [6.07, 6.45) is 1.81. The van der Waals surface area contributed by atoms with E-state index in [0.717, 1.165) is 12.8 Å². The summed E-state index contributed by atoms with van der Waals surface area (Å²) in [5.74, 6) is -0.555. The number of ether oxygens (including phenoxy) is 1. The van der Waals surface area contributed by atoms with Crippen LogP contribution in [-0.2, 0) is 9.53 Å². The Labute approximate surface area is 65.8 Å². The van der Waals surface area contributed by atoms with E-state index in [2.05, 4.69) is 5.16 Å². The Morgan fingerprint density at radius 2 is 2.27 bits per heavy atom. The van der Waals surface area contributed by atoms with E-state index in [1.807, 2.05) is 6.92 Å². The van der Waals surface area contributed by atoms with Gasteiger partial charge < -0.3 is 9.94 Å². The zero-order chi connectivity index (χ0) is 8.69. The molecule has 4 heteroatoms. The Morgan fingerprint density at radius 3 is 2.73 bits per heavy atom. The van der Waals surface area contributed by atoms with Crippen molar-refractivity contribution >= 4 is 11.7 Å². The lowest BCUT2D eigenvalue weighted by molar-refractivity contribution is -0.135. The molecule has 0 saturated heterocycles. The van der Waals surface area contributed by atoms with Crippen LogP contribution in [0, 0.1) is 0 Å². The molecule has 0 aliphatic rings. The van der Waals surface area contributed by atoms with Gasteiger partial charge in [0, 0.05) is 0 Å². The van der Waals surface area contributed by atoms with Gasteiger partial charge in [-0.05, 0) is 13.3 Å². The highest BCUT2D eigenvalue weighted by molar-refractivity contribution is 6.35. The number of esters is 1. The van der Waals surface area contributed by atoms with Crippen LogP contribution in [0.15, 0.2) is 5.16 Å². The number of nitrogens with zero attached hydrogens (tertiary/aromatic N) is 1. The van der Waals surface area contributed by atoms with E-state index in [4.69, 9.17) is 9.94 Å². The third-order valence-corrected chi connectivity index (χ3v) is 1.18. The molecule has 0 unspecified atom stereocenters. The number of carbonyl (C=O) groups excluding carboxylic acids is 1. The summed E-state index contributed by atoms with van der Waals surface area (Å²) in [6, 6.07) is 0. The molecule has 1 N–H and O–H groups in total. The average Bonchev–Trinajstić information content (AvgIpc) is 2.03. The van der Waals surface area contributed by atoms with Gasteiger partial charge in [-0.2, -0.15) is 0 Å². The van der Waals surface area contributed by atoms with Crippen LogP contribution in [0.3, 0.4) is 0 Å². The second-order valence-corrected chi connectivity index (χ2v) is 2.17. The number of hydrogen-bond acceptors (Lipinski definition) is 4. The quantitative estimate of drug-likeness (QED) is 0.220. The van der Waals surface area contributed by atoms with Crippen LogP contribution in [-0.4, -0.2) is 23.5 Å². The molecular formula is C7H13NO3. The molecule has 0 rings (SSSR count). The fraction of sp³-hybridized carbons (Fsp3) is 0.714. The lowest BCUT2D eigenvalue weighted by Gasteiger charge is -2.00. The Morgan fingerprint density at radius 1 is 1.64 bits per heavy atom. The summed E-state index contributed by atoms with van der Waals surface area (Å²) in [4.78, 5) is 10.7. The first-order valence-electron chi connectivity index (χ1n) is 3.58. The summed E-state index contributed by atoms with van der Waals surface area (Å²) in [5, 5.41) is 10.9. The maximum atomic E-state index is 10.7. The molecule has 0 atom stereocenters. The fourth-order valence-corrected chi connectivity index (χ4v) is 0.454. The number of rotatable bonds is 4. The van der Waals surface area contributed by atoms with Gasteiger partial charge in [0.1, 0.15) is 0 Å². The maximum absolute atomic E-state index is 10.7. The van der Waals surface area contributed by atoms with Gasteiger partial charge in [0.25, 0.3) is 0 Å². The molecule has 0 spiro atoms. The van der Waals surface area contributed by atoms with Crippen molar-refractivity contribution in [2.75, 3.05) is 6.61 Å². The number of oxime groups is 1. The summed E-state index contributed by atoms with van der Waals surface area (Å²) in [6.45, 7) is 3.79. The third-order valence-electron chi connectivity index (χ3n) is 1.18. The minimum absolute atomic E-state index is 0.0129. The van der Waals surface area contributed by atoms with Crippen molar-refractivity contribution in [3.05, 3.63) is 0 Å². The van der Waals surface area contributed by atoms with E-state index >= 15 is 0 Å². The number of unbranched alkanes of at least 4 members (excludes halogenated alkanes) is 1. The van der Waals surface area contributed by atoms with E-state index in [1.165, 1.54) is 6.92 Å². The van der Waals surface area contributed by atoms with Gasteiger partial charge in [-0.25, -0.2) is 4.79 Å². The van der Waals surface area contributed by atoms with Gasteiger partial charge in [-0.3, -0.25) is 0 Å². The van der Waals surface area contributed by atoms with E-state index in [0.29, 0.717) is 6.61 Å². The second kappa shape index (κ2) is 5.70. The monoisotopic (exact) mass is 159 g/mol.